The summed E-state index contributed by atoms with van der Waals surface area (Å²) < 4.78 is 0. The first-order valence-corrected chi connectivity index (χ1v) is 7.86. The minimum atomic E-state index is 0.0571. The second kappa shape index (κ2) is 5.78. The van der Waals surface area contributed by atoms with E-state index in [0.29, 0.717) is 6.54 Å². The molecule has 0 radical (unpaired) electrons. The largest absolute Gasteiger partial charge is 0.337 e. The molecule has 0 unspecified atom stereocenters. The van der Waals surface area contributed by atoms with Crippen LogP contribution in [-0.2, 0) is 17.8 Å². The fourth-order valence-electron chi connectivity index (χ4n) is 3.29. The topological polar surface area (TPSA) is 35.6 Å². The van der Waals surface area contributed by atoms with Crippen LogP contribution in [0.3, 0.4) is 0 Å². The Kier molecular flexibility index (Phi) is 4.00. The molecule has 1 aromatic carbocycles. The van der Waals surface area contributed by atoms with E-state index in [2.05, 4.69) is 48.3 Å². The van der Waals surface area contributed by atoms with Crippen LogP contribution in [0.4, 0.5) is 0 Å². The second-order valence-corrected chi connectivity index (χ2v) is 6.74. The van der Waals surface area contributed by atoms with Gasteiger partial charge >= 0.3 is 0 Å². The van der Waals surface area contributed by atoms with Gasteiger partial charge in [-0.15, -0.1) is 0 Å². The Labute approximate surface area is 127 Å². The van der Waals surface area contributed by atoms with Gasteiger partial charge < -0.3 is 10.2 Å². The van der Waals surface area contributed by atoms with E-state index < -0.39 is 0 Å². The van der Waals surface area contributed by atoms with Crippen molar-refractivity contribution in [1.82, 2.24) is 15.1 Å². The number of carbonyl (C=O) groups is 1. The summed E-state index contributed by atoms with van der Waals surface area (Å²) in [6.45, 7) is 9.43. The molecule has 0 aromatic heterocycles. The molecule has 0 aliphatic carbocycles. The Balaban J connectivity index is 1.64. The molecule has 4 nitrogen and oxygen atoms in total. The Hall–Kier alpha value is -1.39. The summed E-state index contributed by atoms with van der Waals surface area (Å²) in [7, 11) is 0. The zero-order valence-electron chi connectivity index (χ0n) is 13.1. The summed E-state index contributed by atoms with van der Waals surface area (Å²) in [5, 5.41) is 3.40. The molecule has 2 heterocycles. The first-order chi connectivity index (χ1) is 10.1. The first kappa shape index (κ1) is 14.5. The van der Waals surface area contributed by atoms with E-state index >= 15 is 0 Å². The summed E-state index contributed by atoms with van der Waals surface area (Å²) in [4.78, 5) is 17.0. The molecule has 0 bridgehead atoms. The molecule has 114 valence electrons. The van der Waals surface area contributed by atoms with Gasteiger partial charge in [-0.1, -0.05) is 24.3 Å². The van der Waals surface area contributed by atoms with Crippen molar-refractivity contribution in [1.29, 1.82) is 0 Å². The third-order valence-electron chi connectivity index (χ3n) is 4.78. The Bertz CT molecular complexity index is 527. The fourth-order valence-corrected chi connectivity index (χ4v) is 3.29. The number of piperazine rings is 1. The average Bonchev–Trinajstić information content (AvgIpc) is 2.48. The van der Waals surface area contributed by atoms with Gasteiger partial charge in [0.2, 0.25) is 5.91 Å². The number of rotatable bonds is 2. The molecule has 0 saturated carbocycles. The third-order valence-corrected chi connectivity index (χ3v) is 4.78. The van der Waals surface area contributed by atoms with Crippen LogP contribution in [0.2, 0.25) is 0 Å². The molecule has 1 N–H and O–H groups in total. The van der Waals surface area contributed by atoms with Crippen LogP contribution in [0.5, 0.6) is 0 Å². The quantitative estimate of drug-likeness (QED) is 0.889. The van der Waals surface area contributed by atoms with Crippen LogP contribution in [0.25, 0.3) is 0 Å². The molecule has 21 heavy (non-hydrogen) atoms. The normalized spacial score (nSPS) is 21.9. The van der Waals surface area contributed by atoms with Crippen molar-refractivity contribution >= 4 is 5.91 Å². The molecule has 4 heteroatoms. The van der Waals surface area contributed by atoms with E-state index in [1.807, 2.05) is 4.90 Å². The summed E-state index contributed by atoms with van der Waals surface area (Å²) in [5.41, 5.74) is 2.75. The van der Waals surface area contributed by atoms with Gasteiger partial charge in [-0.2, -0.15) is 0 Å². The first-order valence-electron chi connectivity index (χ1n) is 7.86. The smallest absolute Gasteiger partial charge is 0.237 e. The molecular weight excluding hydrogens is 262 g/mol. The van der Waals surface area contributed by atoms with Gasteiger partial charge in [-0.25, -0.2) is 0 Å². The summed E-state index contributed by atoms with van der Waals surface area (Å²) in [5.74, 6) is 0.263. The van der Waals surface area contributed by atoms with Crippen molar-refractivity contribution in [3.63, 3.8) is 0 Å². The highest BCUT2D eigenvalue weighted by Gasteiger charge is 2.32. The maximum absolute atomic E-state index is 12.6. The van der Waals surface area contributed by atoms with E-state index in [1.165, 1.54) is 11.1 Å². The Morgan fingerprint density at radius 2 is 2.00 bits per heavy atom. The van der Waals surface area contributed by atoms with Gasteiger partial charge in [-0.3, -0.25) is 9.69 Å². The van der Waals surface area contributed by atoms with E-state index in [1.54, 1.807) is 0 Å². The molecule has 3 rings (SSSR count). The highest BCUT2D eigenvalue weighted by atomic mass is 16.2. The number of carbonyl (C=O) groups excluding carboxylic acids is 1. The van der Waals surface area contributed by atoms with Crippen LogP contribution >= 0.6 is 0 Å². The lowest BCUT2D eigenvalue weighted by Crippen LogP contribution is -2.60. The molecule has 2 aliphatic rings. The molecule has 1 saturated heterocycles. The monoisotopic (exact) mass is 287 g/mol. The van der Waals surface area contributed by atoms with Crippen LogP contribution in [0.15, 0.2) is 24.3 Å². The predicted octanol–water partition coefficient (Wildman–Crippen LogP) is 1.26. The number of hydrogen-bond acceptors (Lipinski definition) is 3. The van der Waals surface area contributed by atoms with E-state index in [-0.39, 0.29) is 11.4 Å². The molecule has 0 spiro atoms. The summed E-state index contributed by atoms with van der Waals surface area (Å²) in [6, 6.07) is 8.46. The molecule has 1 fully saturated rings. The number of nitrogens with zero attached hydrogens (tertiary/aromatic N) is 2. The molecule has 0 atom stereocenters. The van der Waals surface area contributed by atoms with Crippen molar-refractivity contribution in [2.45, 2.75) is 32.4 Å². The molecular formula is C17H25N3O. The maximum atomic E-state index is 12.6. The standard InChI is InChI=1S/C17H25N3O/c1-17(2)13-18-8-10-20(17)12-16(21)19-9-7-14-5-3-4-6-15(14)11-19/h3-6,18H,7-13H2,1-2H3. The number of fused-ring (bicyclic) bond motifs is 1. The minimum absolute atomic E-state index is 0.0571. The fraction of sp³-hybridized carbons (Fsp3) is 0.588. The zero-order valence-corrected chi connectivity index (χ0v) is 13.1. The number of nitrogens with one attached hydrogen (secondary N) is 1. The third kappa shape index (κ3) is 3.11. The van der Waals surface area contributed by atoms with E-state index in [9.17, 15) is 4.79 Å². The van der Waals surface area contributed by atoms with E-state index in [4.69, 9.17) is 0 Å². The SMILES string of the molecule is CC1(C)CNCCN1CC(=O)N1CCc2ccccc2C1. The van der Waals surface area contributed by atoms with Gasteiger partial charge in [0.05, 0.1) is 6.54 Å². The van der Waals surface area contributed by atoms with Gasteiger partial charge in [0.15, 0.2) is 0 Å². The maximum Gasteiger partial charge on any atom is 0.237 e. The van der Waals surface area contributed by atoms with Gasteiger partial charge in [0, 0.05) is 38.3 Å². The van der Waals surface area contributed by atoms with Crippen LogP contribution in [0, 0.1) is 0 Å². The summed E-state index contributed by atoms with van der Waals surface area (Å²) in [6.07, 6.45) is 0.979. The molecule has 1 aromatic rings. The lowest BCUT2D eigenvalue weighted by Gasteiger charge is -2.43. The lowest BCUT2D eigenvalue weighted by molar-refractivity contribution is -0.135. The second-order valence-electron chi connectivity index (χ2n) is 6.74. The Morgan fingerprint density at radius 1 is 1.24 bits per heavy atom. The number of hydrogen-bond donors (Lipinski definition) is 1. The lowest BCUT2D eigenvalue weighted by atomic mass is 9.98. The summed E-state index contributed by atoms with van der Waals surface area (Å²) >= 11 is 0. The predicted molar refractivity (Wildman–Crippen MR) is 84.1 cm³/mol. The van der Waals surface area contributed by atoms with Gasteiger partial charge in [-0.05, 0) is 31.4 Å². The molecule has 2 aliphatic heterocycles. The van der Waals surface area contributed by atoms with Crippen LogP contribution in [0.1, 0.15) is 25.0 Å². The van der Waals surface area contributed by atoms with Crippen LogP contribution in [-0.4, -0.2) is 54.0 Å². The highest BCUT2D eigenvalue weighted by molar-refractivity contribution is 5.78. The van der Waals surface area contributed by atoms with Crippen molar-refractivity contribution < 1.29 is 4.79 Å². The Morgan fingerprint density at radius 3 is 2.76 bits per heavy atom. The van der Waals surface area contributed by atoms with Crippen LogP contribution < -0.4 is 5.32 Å². The number of amides is 1. The number of benzene rings is 1. The van der Waals surface area contributed by atoms with Crippen molar-refractivity contribution in [3.05, 3.63) is 35.4 Å². The highest BCUT2D eigenvalue weighted by Crippen LogP contribution is 2.20. The average molecular weight is 287 g/mol. The van der Waals surface area contributed by atoms with Crippen molar-refractivity contribution in [3.8, 4) is 0 Å². The van der Waals surface area contributed by atoms with Crippen molar-refractivity contribution in [2.75, 3.05) is 32.7 Å². The molecule has 1 amide bonds. The van der Waals surface area contributed by atoms with Crippen molar-refractivity contribution in [2.24, 2.45) is 0 Å². The van der Waals surface area contributed by atoms with Gasteiger partial charge in [0.1, 0.15) is 0 Å². The van der Waals surface area contributed by atoms with E-state index in [0.717, 1.165) is 39.1 Å². The van der Waals surface area contributed by atoms with Gasteiger partial charge in [0.25, 0.3) is 0 Å². The minimum Gasteiger partial charge on any atom is -0.337 e. The zero-order chi connectivity index (χ0) is 14.9.